The van der Waals surface area contributed by atoms with Gasteiger partial charge < -0.3 is 9.30 Å². The van der Waals surface area contributed by atoms with Gasteiger partial charge in [-0.2, -0.15) is 0 Å². The molecule has 2 aromatic rings. The molecule has 122 valence electrons. The van der Waals surface area contributed by atoms with Gasteiger partial charge in [-0.3, -0.25) is 0 Å². The van der Waals surface area contributed by atoms with Crippen molar-refractivity contribution in [1.29, 1.82) is 0 Å². The Kier molecular flexibility index (Phi) is 3.73. The Morgan fingerprint density at radius 3 is 2.75 bits per heavy atom. The minimum Gasteiger partial charge on any atom is -0.363 e. The minimum atomic E-state index is -0.194. The first-order chi connectivity index (χ1) is 11.6. The van der Waals surface area contributed by atoms with Crippen molar-refractivity contribution in [2.75, 3.05) is 0 Å². The zero-order valence-corrected chi connectivity index (χ0v) is 14.0. The van der Waals surface area contributed by atoms with Crippen molar-refractivity contribution in [3.63, 3.8) is 0 Å². The van der Waals surface area contributed by atoms with E-state index in [1.54, 1.807) is 0 Å². The van der Waals surface area contributed by atoms with Crippen molar-refractivity contribution < 1.29 is 4.74 Å². The maximum absolute atomic E-state index is 6.16. The largest absolute Gasteiger partial charge is 0.363 e. The number of nitrogens with zero attached hydrogens (tertiary/aromatic N) is 2. The SMILES string of the molecule is CC1(C)C=CC2C=C(C(c3ccccc3)n3ccnc3)C=CC2O1. The van der Waals surface area contributed by atoms with Gasteiger partial charge in [0.05, 0.1) is 24.1 Å². The molecular weight excluding hydrogens is 296 g/mol. The smallest absolute Gasteiger partial charge is 0.0954 e. The standard InChI is InChI=1S/C21H22N2O/c1-21(2)11-10-17-14-18(8-9-19(17)24-21)20(23-13-12-22-15-23)16-6-4-3-5-7-16/h3-15,17,19-20H,1-2H3. The molecule has 3 atom stereocenters. The number of hydrogen-bond donors (Lipinski definition) is 0. The second kappa shape index (κ2) is 5.91. The van der Waals surface area contributed by atoms with E-state index in [0.29, 0.717) is 0 Å². The number of aromatic nitrogens is 2. The summed E-state index contributed by atoms with van der Waals surface area (Å²) in [5.41, 5.74) is 2.33. The highest BCUT2D eigenvalue weighted by molar-refractivity contribution is 5.40. The van der Waals surface area contributed by atoms with Crippen molar-refractivity contribution in [3.8, 4) is 0 Å². The number of hydrogen-bond acceptors (Lipinski definition) is 2. The summed E-state index contributed by atoms with van der Waals surface area (Å²) in [6.45, 7) is 4.20. The Bertz CT molecular complexity index is 785. The molecule has 0 radical (unpaired) electrons. The second-order valence-electron chi connectivity index (χ2n) is 6.97. The van der Waals surface area contributed by atoms with Crippen LogP contribution in [0.4, 0.5) is 0 Å². The fraction of sp³-hybridized carbons (Fsp3) is 0.286. The van der Waals surface area contributed by atoms with E-state index < -0.39 is 0 Å². The lowest BCUT2D eigenvalue weighted by Gasteiger charge is -2.37. The van der Waals surface area contributed by atoms with Crippen molar-refractivity contribution in [2.45, 2.75) is 31.6 Å². The Morgan fingerprint density at radius 2 is 2.00 bits per heavy atom. The molecule has 2 aliphatic rings. The molecule has 24 heavy (non-hydrogen) atoms. The molecule has 2 heterocycles. The van der Waals surface area contributed by atoms with Crippen molar-refractivity contribution in [1.82, 2.24) is 9.55 Å². The highest BCUT2D eigenvalue weighted by Crippen LogP contribution is 2.36. The molecule has 0 amide bonds. The number of rotatable bonds is 3. The predicted octanol–water partition coefficient (Wildman–Crippen LogP) is 4.32. The molecular formula is C21H22N2O. The van der Waals surface area contributed by atoms with Crippen LogP contribution in [0.1, 0.15) is 25.5 Å². The van der Waals surface area contributed by atoms with E-state index in [9.17, 15) is 0 Å². The van der Waals surface area contributed by atoms with Gasteiger partial charge in [-0.05, 0) is 25.0 Å². The lowest BCUT2D eigenvalue weighted by atomic mass is 9.85. The summed E-state index contributed by atoms with van der Waals surface area (Å²) < 4.78 is 8.32. The third kappa shape index (κ3) is 2.87. The maximum atomic E-state index is 6.16. The molecule has 0 spiro atoms. The zero-order chi connectivity index (χ0) is 16.6. The molecule has 0 N–H and O–H groups in total. The van der Waals surface area contributed by atoms with Gasteiger partial charge in [0, 0.05) is 18.3 Å². The Morgan fingerprint density at radius 1 is 1.17 bits per heavy atom. The fourth-order valence-corrected chi connectivity index (χ4v) is 3.50. The summed E-state index contributed by atoms with van der Waals surface area (Å²) in [6.07, 6.45) is 17.0. The second-order valence-corrected chi connectivity index (χ2v) is 6.97. The molecule has 4 rings (SSSR count). The Balaban J connectivity index is 1.73. The monoisotopic (exact) mass is 318 g/mol. The lowest BCUT2D eigenvalue weighted by molar-refractivity contribution is -0.0395. The summed E-state index contributed by atoms with van der Waals surface area (Å²) in [7, 11) is 0. The first-order valence-electron chi connectivity index (χ1n) is 8.42. The van der Waals surface area contributed by atoms with E-state index >= 15 is 0 Å². The minimum absolute atomic E-state index is 0.118. The van der Waals surface area contributed by atoms with Gasteiger partial charge in [0.25, 0.3) is 0 Å². The van der Waals surface area contributed by atoms with Crippen molar-refractivity contribution in [2.24, 2.45) is 5.92 Å². The highest BCUT2D eigenvalue weighted by Gasteiger charge is 2.32. The quantitative estimate of drug-likeness (QED) is 0.788. The predicted molar refractivity (Wildman–Crippen MR) is 95.6 cm³/mol. The van der Waals surface area contributed by atoms with Gasteiger partial charge in [-0.25, -0.2) is 4.98 Å². The average molecular weight is 318 g/mol. The van der Waals surface area contributed by atoms with Crippen LogP contribution >= 0.6 is 0 Å². The van der Waals surface area contributed by atoms with Crippen molar-refractivity contribution >= 4 is 0 Å². The molecule has 0 saturated heterocycles. The van der Waals surface area contributed by atoms with E-state index in [2.05, 4.69) is 84.1 Å². The molecule has 1 aromatic carbocycles. The van der Waals surface area contributed by atoms with Gasteiger partial charge in [-0.15, -0.1) is 0 Å². The van der Waals surface area contributed by atoms with Crippen molar-refractivity contribution in [3.05, 3.63) is 90.6 Å². The molecule has 3 unspecified atom stereocenters. The van der Waals surface area contributed by atoms with Gasteiger partial charge in [-0.1, -0.05) is 60.7 Å². The number of allylic oxidation sites excluding steroid dienone is 2. The van der Waals surface area contributed by atoms with Crippen LogP contribution in [0.15, 0.2) is 85.0 Å². The summed E-state index contributed by atoms with van der Waals surface area (Å²) in [4.78, 5) is 4.24. The Labute approximate surface area is 143 Å². The van der Waals surface area contributed by atoms with Crippen LogP contribution in [0.2, 0.25) is 0 Å². The van der Waals surface area contributed by atoms with E-state index in [1.165, 1.54) is 11.1 Å². The Hall–Kier alpha value is -2.39. The first-order valence-corrected chi connectivity index (χ1v) is 8.42. The van der Waals surface area contributed by atoms with Crippen LogP contribution in [0, 0.1) is 5.92 Å². The molecule has 0 saturated carbocycles. The normalized spacial score (nSPS) is 25.8. The summed E-state index contributed by atoms with van der Waals surface area (Å²) >= 11 is 0. The van der Waals surface area contributed by atoms with Crippen LogP contribution in [0.3, 0.4) is 0 Å². The maximum Gasteiger partial charge on any atom is 0.0954 e. The summed E-state index contributed by atoms with van der Waals surface area (Å²) in [5.74, 6) is 0.285. The van der Waals surface area contributed by atoms with E-state index in [4.69, 9.17) is 4.74 Å². The van der Waals surface area contributed by atoms with E-state index in [-0.39, 0.29) is 23.7 Å². The molecule has 3 heteroatoms. The third-order valence-electron chi connectivity index (χ3n) is 4.66. The number of imidazole rings is 1. The summed E-state index contributed by atoms with van der Waals surface area (Å²) in [5, 5.41) is 0. The van der Waals surface area contributed by atoms with Crippen LogP contribution < -0.4 is 0 Å². The molecule has 0 bridgehead atoms. The highest BCUT2D eigenvalue weighted by atomic mass is 16.5. The number of fused-ring (bicyclic) bond motifs is 1. The first kappa shape index (κ1) is 15.2. The molecule has 0 fully saturated rings. The van der Waals surface area contributed by atoms with Gasteiger partial charge in [0.15, 0.2) is 0 Å². The molecule has 1 aromatic heterocycles. The third-order valence-corrected chi connectivity index (χ3v) is 4.66. The number of benzene rings is 1. The van der Waals surface area contributed by atoms with E-state index in [0.717, 1.165) is 0 Å². The molecule has 3 nitrogen and oxygen atoms in total. The van der Waals surface area contributed by atoms with Crippen LogP contribution in [-0.4, -0.2) is 21.3 Å². The van der Waals surface area contributed by atoms with Gasteiger partial charge in [0.2, 0.25) is 0 Å². The van der Waals surface area contributed by atoms with Gasteiger partial charge in [0.1, 0.15) is 0 Å². The summed E-state index contributed by atoms with van der Waals surface area (Å²) in [6, 6.07) is 10.7. The number of ether oxygens (including phenoxy) is 1. The zero-order valence-electron chi connectivity index (χ0n) is 14.0. The van der Waals surface area contributed by atoms with Crippen LogP contribution in [0.5, 0.6) is 0 Å². The van der Waals surface area contributed by atoms with E-state index in [1.807, 2.05) is 18.7 Å². The lowest BCUT2D eigenvalue weighted by Crippen LogP contribution is -2.36. The molecule has 1 aliphatic carbocycles. The molecule has 1 aliphatic heterocycles. The van der Waals surface area contributed by atoms with Crippen LogP contribution in [-0.2, 0) is 4.74 Å². The fourth-order valence-electron chi connectivity index (χ4n) is 3.50. The van der Waals surface area contributed by atoms with Gasteiger partial charge >= 0.3 is 0 Å². The van der Waals surface area contributed by atoms with Crippen LogP contribution in [0.25, 0.3) is 0 Å². The average Bonchev–Trinajstić information content (AvgIpc) is 3.10. The topological polar surface area (TPSA) is 27.1 Å².